The molecule has 1 fully saturated rings. The fourth-order valence-electron chi connectivity index (χ4n) is 3.47. The number of aromatic nitrogens is 3. The second-order valence-corrected chi connectivity index (χ2v) is 7.45. The molecule has 0 aliphatic carbocycles. The Balaban J connectivity index is 0.00000210. The van der Waals surface area contributed by atoms with E-state index in [1.807, 2.05) is 24.5 Å². The zero-order valence-electron chi connectivity index (χ0n) is 17.2. The number of hydrogen-bond donors (Lipinski definition) is 1. The number of rotatable bonds is 5. The van der Waals surface area contributed by atoms with Gasteiger partial charge in [0.05, 0.1) is 6.54 Å². The summed E-state index contributed by atoms with van der Waals surface area (Å²) in [5.74, 6) is 1.14. The van der Waals surface area contributed by atoms with E-state index in [0.29, 0.717) is 17.1 Å². The lowest BCUT2D eigenvalue weighted by Gasteiger charge is -2.23. The first-order valence-corrected chi connectivity index (χ1v) is 9.37. The number of halogens is 2. The number of piperidine rings is 1. The molecule has 2 aromatic heterocycles. The fraction of sp³-hybridized carbons (Fsp3) is 0.579. The Morgan fingerprint density at radius 1 is 1.41 bits per heavy atom. The third-order valence-corrected chi connectivity index (χ3v) is 5.01. The summed E-state index contributed by atoms with van der Waals surface area (Å²) in [6, 6.07) is 2.02. The summed E-state index contributed by atoms with van der Waals surface area (Å²) in [5.41, 5.74) is 0.160. The molecule has 1 saturated heterocycles. The van der Waals surface area contributed by atoms with Crippen molar-refractivity contribution in [3.05, 3.63) is 45.5 Å². The van der Waals surface area contributed by atoms with E-state index in [1.54, 1.807) is 20.3 Å². The van der Waals surface area contributed by atoms with Gasteiger partial charge >= 0.3 is 5.63 Å². The number of amides is 1. The molecule has 0 saturated carbocycles. The average molecular weight is 446 g/mol. The zero-order valence-corrected chi connectivity index (χ0v) is 18.8. The summed E-state index contributed by atoms with van der Waals surface area (Å²) in [4.78, 5) is 26.9. The monoisotopic (exact) mass is 445 g/mol. The molecule has 3 heterocycles. The van der Waals surface area contributed by atoms with Crippen molar-refractivity contribution in [3.8, 4) is 0 Å². The Hall–Kier alpha value is -1.90. The van der Waals surface area contributed by atoms with E-state index in [1.165, 1.54) is 4.90 Å². The van der Waals surface area contributed by atoms with Gasteiger partial charge < -0.3 is 19.2 Å². The number of hydrogen-bond acceptors (Lipinski definition) is 6. The highest BCUT2D eigenvalue weighted by Gasteiger charge is 2.25. The van der Waals surface area contributed by atoms with Crippen LogP contribution in [0.5, 0.6) is 0 Å². The Bertz CT molecular complexity index is 875. The maximum atomic E-state index is 12.9. The van der Waals surface area contributed by atoms with Gasteiger partial charge in [0.2, 0.25) is 0 Å². The van der Waals surface area contributed by atoms with Gasteiger partial charge in [0, 0.05) is 25.6 Å². The molecular weight excluding hydrogens is 417 g/mol. The maximum absolute atomic E-state index is 12.9. The quantitative estimate of drug-likeness (QED) is 0.759. The van der Waals surface area contributed by atoms with Crippen molar-refractivity contribution in [1.29, 1.82) is 0 Å². The van der Waals surface area contributed by atoms with Crippen molar-refractivity contribution in [1.82, 2.24) is 25.0 Å². The van der Waals surface area contributed by atoms with Crippen molar-refractivity contribution in [2.45, 2.75) is 52.1 Å². The predicted molar refractivity (Wildman–Crippen MR) is 115 cm³/mol. The van der Waals surface area contributed by atoms with E-state index in [-0.39, 0.29) is 54.8 Å². The van der Waals surface area contributed by atoms with Gasteiger partial charge in [-0.15, -0.1) is 35.0 Å². The molecule has 10 heteroatoms. The van der Waals surface area contributed by atoms with Crippen LogP contribution in [0, 0.1) is 6.92 Å². The van der Waals surface area contributed by atoms with Crippen LogP contribution < -0.4 is 10.9 Å². The van der Waals surface area contributed by atoms with Crippen LogP contribution in [-0.4, -0.2) is 45.7 Å². The Morgan fingerprint density at radius 2 is 2.14 bits per heavy atom. The van der Waals surface area contributed by atoms with Crippen molar-refractivity contribution in [2.24, 2.45) is 0 Å². The van der Waals surface area contributed by atoms with Crippen LogP contribution in [0.2, 0.25) is 0 Å². The summed E-state index contributed by atoms with van der Waals surface area (Å²) >= 11 is 0. The normalized spacial score (nSPS) is 16.1. The molecule has 1 amide bonds. The molecule has 162 valence electrons. The highest BCUT2D eigenvalue weighted by molar-refractivity contribution is 5.94. The summed E-state index contributed by atoms with van der Waals surface area (Å²) < 4.78 is 7.42. The minimum absolute atomic E-state index is 0. The van der Waals surface area contributed by atoms with Gasteiger partial charge in [0.25, 0.3) is 5.91 Å². The first-order valence-electron chi connectivity index (χ1n) is 9.37. The molecule has 0 bridgehead atoms. The summed E-state index contributed by atoms with van der Waals surface area (Å²) in [6.45, 7) is 7.87. The second kappa shape index (κ2) is 10.8. The van der Waals surface area contributed by atoms with Gasteiger partial charge in [-0.2, -0.15) is 0 Å². The predicted octanol–water partition coefficient (Wildman–Crippen LogP) is 2.70. The van der Waals surface area contributed by atoms with E-state index in [0.717, 1.165) is 25.9 Å². The van der Waals surface area contributed by atoms with E-state index < -0.39 is 5.63 Å². The largest absolute Gasteiger partial charge is 0.427 e. The lowest BCUT2D eigenvalue weighted by Crippen LogP contribution is -2.33. The molecule has 0 aromatic carbocycles. The molecule has 8 nitrogen and oxygen atoms in total. The molecular formula is C19H29Cl2N5O3. The molecule has 0 radical (unpaired) electrons. The summed E-state index contributed by atoms with van der Waals surface area (Å²) in [7, 11) is 1.65. The van der Waals surface area contributed by atoms with E-state index in [2.05, 4.69) is 15.5 Å². The first-order chi connectivity index (χ1) is 12.9. The van der Waals surface area contributed by atoms with Gasteiger partial charge in [-0.1, -0.05) is 0 Å². The van der Waals surface area contributed by atoms with Crippen LogP contribution in [0.1, 0.15) is 66.2 Å². The number of nitrogens with one attached hydrogen (secondary N) is 1. The molecule has 2 aromatic rings. The summed E-state index contributed by atoms with van der Waals surface area (Å²) in [5, 5.41) is 11.3. The van der Waals surface area contributed by atoms with Crippen molar-refractivity contribution in [2.75, 3.05) is 20.1 Å². The molecule has 0 spiro atoms. The molecule has 1 atom stereocenters. The molecule has 29 heavy (non-hydrogen) atoms. The van der Waals surface area contributed by atoms with Crippen LogP contribution in [0.25, 0.3) is 0 Å². The first kappa shape index (κ1) is 25.1. The standard InChI is InChI=1S/C19H27N5O3.2ClH/c1-12(2)24-11-21-22-16(24)10-23(4)18(25)17-13(3)8-15(27-19(17)26)14-6-5-7-20-9-14;;/h8,11-12,14,20H,5-7,9-10H2,1-4H3;2*1H. The van der Waals surface area contributed by atoms with Crippen LogP contribution >= 0.6 is 24.8 Å². The van der Waals surface area contributed by atoms with Gasteiger partial charge in [0.15, 0.2) is 5.82 Å². The smallest absolute Gasteiger partial charge is 0.349 e. The second-order valence-electron chi connectivity index (χ2n) is 7.45. The van der Waals surface area contributed by atoms with Gasteiger partial charge in [-0.25, -0.2) is 4.79 Å². The fourth-order valence-corrected chi connectivity index (χ4v) is 3.47. The van der Waals surface area contributed by atoms with Crippen LogP contribution in [0.3, 0.4) is 0 Å². The van der Waals surface area contributed by atoms with Gasteiger partial charge in [-0.05, 0) is 51.8 Å². The molecule has 1 aliphatic rings. The number of aryl methyl sites for hydroxylation is 1. The summed E-state index contributed by atoms with van der Waals surface area (Å²) in [6.07, 6.45) is 3.67. The minimum atomic E-state index is -0.572. The highest BCUT2D eigenvalue weighted by Crippen LogP contribution is 2.24. The van der Waals surface area contributed by atoms with E-state index in [9.17, 15) is 9.59 Å². The zero-order chi connectivity index (χ0) is 19.6. The molecule has 1 unspecified atom stereocenters. The van der Waals surface area contributed by atoms with E-state index >= 15 is 0 Å². The molecule has 1 N–H and O–H groups in total. The average Bonchev–Trinajstić information content (AvgIpc) is 3.10. The lowest BCUT2D eigenvalue weighted by molar-refractivity contribution is 0.0773. The highest BCUT2D eigenvalue weighted by atomic mass is 35.5. The topological polar surface area (TPSA) is 93.3 Å². The number of nitrogens with zero attached hydrogens (tertiary/aromatic N) is 4. The van der Waals surface area contributed by atoms with Crippen molar-refractivity contribution in [3.63, 3.8) is 0 Å². The van der Waals surface area contributed by atoms with Gasteiger partial charge in [0.1, 0.15) is 17.7 Å². The minimum Gasteiger partial charge on any atom is -0.427 e. The van der Waals surface area contributed by atoms with Crippen molar-refractivity contribution < 1.29 is 9.21 Å². The third kappa shape index (κ3) is 5.58. The Morgan fingerprint density at radius 3 is 2.72 bits per heavy atom. The van der Waals surface area contributed by atoms with Crippen LogP contribution in [0.4, 0.5) is 0 Å². The molecule has 1 aliphatic heterocycles. The van der Waals surface area contributed by atoms with E-state index in [4.69, 9.17) is 4.42 Å². The van der Waals surface area contributed by atoms with Crippen LogP contribution in [-0.2, 0) is 6.54 Å². The SMILES string of the molecule is Cc1cc(C2CCCNC2)oc(=O)c1C(=O)N(C)Cc1nncn1C(C)C.Cl.Cl. The molecule has 3 rings (SSSR count). The van der Waals surface area contributed by atoms with Crippen molar-refractivity contribution >= 4 is 30.7 Å². The number of carbonyl (C=O) groups is 1. The van der Waals surface area contributed by atoms with Crippen LogP contribution in [0.15, 0.2) is 21.6 Å². The number of carbonyl (C=O) groups excluding carboxylic acids is 1. The maximum Gasteiger partial charge on any atom is 0.349 e. The Labute approximate surface area is 182 Å². The van der Waals surface area contributed by atoms with Gasteiger partial charge in [-0.3, -0.25) is 4.79 Å². The third-order valence-electron chi connectivity index (χ3n) is 5.01. The Kier molecular flexibility index (Phi) is 9.32. The lowest BCUT2D eigenvalue weighted by atomic mass is 9.95.